The number of benzene rings is 1. The van der Waals surface area contributed by atoms with Crippen molar-refractivity contribution in [1.82, 2.24) is 4.90 Å². The maximum Gasteiger partial charge on any atom is 0.289 e. The quantitative estimate of drug-likeness (QED) is 0.758. The largest absolute Gasteiger partial charge is 0.448 e. The average Bonchev–Trinajstić information content (AvgIpc) is 2.98. The van der Waals surface area contributed by atoms with Crippen molar-refractivity contribution >= 4 is 16.9 Å². The maximum atomic E-state index is 13.4. The first-order valence-corrected chi connectivity index (χ1v) is 5.73. The van der Waals surface area contributed by atoms with E-state index in [-0.39, 0.29) is 17.3 Å². The van der Waals surface area contributed by atoms with Gasteiger partial charge in [0.1, 0.15) is 0 Å². The Hall–Kier alpha value is -1.84. The molecule has 4 heteroatoms. The Bertz CT molecular complexity index is 570. The molecular formula is C13H12FNO2. The molecule has 1 aromatic heterocycles. The molecule has 0 radical (unpaired) electrons. The van der Waals surface area contributed by atoms with E-state index in [2.05, 4.69) is 0 Å². The summed E-state index contributed by atoms with van der Waals surface area (Å²) in [5.74, 6) is -0.340. The molecule has 1 aliphatic heterocycles. The van der Waals surface area contributed by atoms with Gasteiger partial charge in [-0.1, -0.05) is 12.1 Å². The Morgan fingerprint density at radius 1 is 1.29 bits per heavy atom. The summed E-state index contributed by atoms with van der Waals surface area (Å²) in [6.07, 6.45) is 2.06. The molecule has 0 bridgehead atoms. The molecular weight excluding hydrogens is 221 g/mol. The van der Waals surface area contributed by atoms with Gasteiger partial charge in [0.05, 0.1) is 0 Å². The third-order valence-corrected chi connectivity index (χ3v) is 3.10. The maximum absolute atomic E-state index is 13.4. The Balaban J connectivity index is 2.00. The molecule has 3 nitrogen and oxygen atoms in total. The lowest BCUT2D eigenvalue weighted by Crippen LogP contribution is -2.27. The van der Waals surface area contributed by atoms with Crippen LogP contribution in [0, 0.1) is 5.82 Å². The number of furan rings is 1. The first kappa shape index (κ1) is 10.3. The third kappa shape index (κ3) is 1.69. The molecule has 1 saturated heterocycles. The molecule has 0 atom stereocenters. The van der Waals surface area contributed by atoms with Gasteiger partial charge in [0.25, 0.3) is 5.91 Å². The fourth-order valence-corrected chi connectivity index (χ4v) is 2.21. The summed E-state index contributed by atoms with van der Waals surface area (Å²) >= 11 is 0. The van der Waals surface area contributed by atoms with E-state index in [1.54, 1.807) is 23.1 Å². The molecule has 17 heavy (non-hydrogen) atoms. The van der Waals surface area contributed by atoms with Crippen LogP contribution in [0.25, 0.3) is 11.0 Å². The lowest BCUT2D eigenvalue weighted by Gasteiger charge is -2.12. The van der Waals surface area contributed by atoms with Gasteiger partial charge in [-0.05, 0) is 25.0 Å². The zero-order valence-corrected chi connectivity index (χ0v) is 9.28. The molecule has 0 aliphatic carbocycles. The number of amides is 1. The van der Waals surface area contributed by atoms with Crippen LogP contribution in [0.2, 0.25) is 0 Å². The number of hydrogen-bond acceptors (Lipinski definition) is 2. The van der Waals surface area contributed by atoms with Crippen LogP contribution in [0.4, 0.5) is 4.39 Å². The molecule has 2 heterocycles. The van der Waals surface area contributed by atoms with Crippen LogP contribution in [-0.4, -0.2) is 23.9 Å². The van der Waals surface area contributed by atoms with E-state index in [4.69, 9.17) is 4.42 Å². The highest BCUT2D eigenvalue weighted by Gasteiger charge is 2.23. The van der Waals surface area contributed by atoms with Gasteiger partial charge in [0.15, 0.2) is 17.2 Å². The number of halogens is 1. The smallest absolute Gasteiger partial charge is 0.289 e. The van der Waals surface area contributed by atoms with Crippen LogP contribution in [0.3, 0.4) is 0 Å². The molecule has 1 fully saturated rings. The second kappa shape index (κ2) is 3.87. The minimum atomic E-state index is -0.428. The highest BCUT2D eigenvalue weighted by molar-refractivity contribution is 5.96. The van der Waals surface area contributed by atoms with E-state index >= 15 is 0 Å². The lowest BCUT2D eigenvalue weighted by atomic mass is 10.2. The summed E-state index contributed by atoms with van der Waals surface area (Å²) in [7, 11) is 0. The second-order valence-corrected chi connectivity index (χ2v) is 4.27. The van der Waals surface area contributed by atoms with Gasteiger partial charge < -0.3 is 9.32 Å². The highest BCUT2D eigenvalue weighted by atomic mass is 19.1. The second-order valence-electron chi connectivity index (χ2n) is 4.27. The molecule has 0 unspecified atom stereocenters. The number of fused-ring (bicyclic) bond motifs is 1. The SMILES string of the molecule is O=C(c1cc2cccc(F)c2o1)N1CCCC1. The van der Waals surface area contributed by atoms with Gasteiger partial charge in [-0.2, -0.15) is 0 Å². The van der Waals surface area contributed by atoms with Gasteiger partial charge in [-0.3, -0.25) is 4.79 Å². The lowest BCUT2D eigenvalue weighted by molar-refractivity contribution is 0.0763. The fraction of sp³-hybridized carbons (Fsp3) is 0.308. The van der Waals surface area contributed by atoms with Crippen molar-refractivity contribution in [3.05, 3.63) is 35.8 Å². The van der Waals surface area contributed by atoms with E-state index < -0.39 is 5.82 Å². The monoisotopic (exact) mass is 233 g/mol. The Morgan fingerprint density at radius 3 is 2.76 bits per heavy atom. The molecule has 0 N–H and O–H groups in total. The molecule has 1 aliphatic rings. The minimum absolute atomic E-state index is 0.141. The van der Waals surface area contributed by atoms with E-state index in [1.807, 2.05) is 0 Å². The van der Waals surface area contributed by atoms with Gasteiger partial charge in [0, 0.05) is 18.5 Å². The van der Waals surface area contributed by atoms with Crippen LogP contribution >= 0.6 is 0 Å². The highest BCUT2D eigenvalue weighted by Crippen LogP contribution is 2.23. The predicted octanol–water partition coefficient (Wildman–Crippen LogP) is 2.81. The van der Waals surface area contributed by atoms with Crippen molar-refractivity contribution in [3.63, 3.8) is 0 Å². The van der Waals surface area contributed by atoms with Crippen molar-refractivity contribution in [2.75, 3.05) is 13.1 Å². The first-order valence-electron chi connectivity index (χ1n) is 5.73. The number of likely N-dealkylation sites (tertiary alicyclic amines) is 1. The predicted molar refractivity (Wildman–Crippen MR) is 61.3 cm³/mol. The zero-order valence-electron chi connectivity index (χ0n) is 9.28. The Kier molecular flexibility index (Phi) is 2.35. The van der Waals surface area contributed by atoms with Crippen molar-refractivity contribution in [2.45, 2.75) is 12.8 Å². The van der Waals surface area contributed by atoms with Crippen LogP contribution in [0.5, 0.6) is 0 Å². The number of para-hydroxylation sites is 1. The van der Waals surface area contributed by atoms with Crippen LogP contribution in [-0.2, 0) is 0 Å². The Labute approximate surface area is 97.8 Å². The van der Waals surface area contributed by atoms with Crippen LogP contribution < -0.4 is 0 Å². The van der Waals surface area contributed by atoms with Crippen LogP contribution in [0.15, 0.2) is 28.7 Å². The summed E-state index contributed by atoms with van der Waals surface area (Å²) in [6.45, 7) is 1.52. The van der Waals surface area contributed by atoms with E-state index in [0.29, 0.717) is 5.39 Å². The zero-order chi connectivity index (χ0) is 11.8. The molecule has 0 saturated carbocycles. The van der Waals surface area contributed by atoms with Gasteiger partial charge in [-0.25, -0.2) is 4.39 Å². The number of hydrogen-bond donors (Lipinski definition) is 0. The molecule has 1 amide bonds. The topological polar surface area (TPSA) is 33.5 Å². The summed E-state index contributed by atoms with van der Waals surface area (Å²) in [6, 6.07) is 6.29. The number of nitrogens with zero attached hydrogens (tertiary/aromatic N) is 1. The fourth-order valence-electron chi connectivity index (χ4n) is 2.21. The summed E-state index contributed by atoms with van der Waals surface area (Å²) in [4.78, 5) is 13.8. The van der Waals surface area contributed by atoms with Crippen molar-refractivity contribution in [2.24, 2.45) is 0 Å². The van der Waals surface area contributed by atoms with E-state index in [1.165, 1.54) is 6.07 Å². The minimum Gasteiger partial charge on any atom is -0.448 e. The van der Waals surface area contributed by atoms with Gasteiger partial charge in [-0.15, -0.1) is 0 Å². The normalized spacial score (nSPS) is 15.7. The molecule has 2 aromatic rings. The van der Waals surface area contributed by atoms with Crippen molar-refractivity contribution < 1.29 is 13.6 Å². The third-order valence-electron chi connectivity index (χ3n) is 3.10. The summed E-state index contributed by atoms with van der Waals surface area (Å²) in [5, 5.41) is 0.632. The average molecular weight is 233 g/mol. The number of carbonyl (C=O) groups excluding carboxylic acids is 1. The van der Waals surface area contributed by atoms with E-state index in [0.717, 1.165) is 25.9 Å². The van der Waals surface area contributed by atoms with Crippen molar-refractivity contribution in [1.29, 1.82) is 0 Å². The standard InChI is InChI=1S/C13H12FNO2/c14-10-5-3-4-9-8-11(17-12(9)10)13(16)15-6-1-2-7-15/h3-5,8H,1-2,6-7H2. The summed E-state index contributed by atoms with van der Waals surface area (Å²) in [5.41, 5.74) is 0.162. The number of rotatable bonds is 1. The van der Waals surface area contributed by atoms with Crippen LogP contribution in [0.1, 0.15) is 23.4 Å². The van der Waals surface area contributed by atoms with Crippen molar-refractivity contribution in [3.8, 4) is 0 Å². The van der Waals surface area contributed by atoms with Gasteiger partial charge >= 0.3 is 0 Å². The first-order chi connectivity index (χ1) is 8.25. The molecule has 0 spiro atoms. The summed E-state index contributed by atoms with van der Waals surface area (Å²) < 4.78 is 18.7. The molecule has 3 rings (SSSR count). The van der Waals surface area contributed by atoms with Gasteiger partial charge in [0.2, 0.25) is 0 Å². The number of carbonyl (C=O) groups is 1. The van der Waals surface area contributed by atoms with E-state index in [9.17, 15) is 9.18 Å². The Morgan fingerprint density at radius 2 is 2.06 bits per heavy atom. The molecule has 1 aromatic carbocycles. The molecule has 88 valence electrons.